The predicted molar refractivity (Wildman–Crippen MR) is 109 cm³/mol. The van der Waals surface area contributed by atoms with Crippen molar-refractivity contribution in [1.82, 2.24) is 13.7 Å². The summed E-state index contributed by atoms with van der Waals surface area (Å²) < 4.78 is 4.44. The first-order chi connectivity index (χ1) is 13.5. The molecular weight excluding hydrogens is 354 g/mol. The molecule has 1 N–H and O–H groups in total. The van der Waals surface area contributed by atoms with E-state index >= 15 is 0 Å². The van der Waals surface area contributed by atoms with Crippen LogP contribution >= 0.6 is 0 Å². The van der Waals surface area contributed by atoms with Gasteiger partial charge in [0, 0.05) is 20.3 Å². The lowest BCUT2D eigenvalue weighted by Gasteiger charge is -2.15. The molecule has 4 rings (SSSR count). The van der Waals surface area contributed by atoms with Crippen LogP contribution in [0.2, 0.25) is 0 Å². The van der Waals surface area contributed by atoms with Gasteiger partial charge in [0.2, 0.25) is 0 Å². The van der Waals surface area contributed by atoms with Gasteiger partial charge in [-0.15, -0.1) is 0 Å². The zero-order chi connectivity index (χ0) is 19.8. The van der Waals surface area contributed by atoms with Gasteiger partial charge in [0.05, 0.1) is 29.2 Å². The van der Waals surface area contributed by atoms with Crippen molar-refractivity contribution in [3.05, 3.63) is 93.3 Å². The van der Waals surface area contributed by atoms with Gasteiger partial charge in [-0.1, -0.05) is 60.7 Å². The lowest BCUT2D eigenvalue weighted by atomic mass is 10.1. The van der Waals surface area contributed by atoms with E-state index in [0.717, 1.165) is 15.7 Å². The van der Waals surface area contributed by atoms with Crippen LogP contribution in [0.4, 0.5) is 0 Å². The number of fused-ring (bicyclic) bond motifs is 1. The fourth-order valence-corrected chi connectivity index (χ4v) is 3.61. The standard InChI is InChI=1S/C22H21N3O3/c1-23-17-13-25(14-18(26)15-9-5-3-6-10-15)20(16-11-7-4-8-12-16)19(17)21(27)24(2)22(23)28/h3-13,18,26H,14H2,1-2H3. The van der Waals surface area contributed by atoms with Crippen molar-refractivity contribution in [1.29, 1.82) is 0 Å². The Balaban J connectivity index is 1.98. The zero-order valence-corrected chi connectivity index (χ0v) is 15.7. The second-order valence-corrected chi connectivity index (χ2v) is 6.89. The van der Waals surface area contributed by atoms with Crippen LogP contribution in [0.1, 0.15) is 11.7 Å². The molecule has 0 saturated heterocycles. The van der Waals surface area contributed by atoms with Crippen molar-refractivity contribution in [2.45, 2.75) is 12.6 Å². The number of nitrogens with zero attached hydrogens (tertiary/aromatic N) is 3. The number of aliphatic hydroxyl groups is 1. The predicted octanol–water partition coefficient (Wildman–Crippen LogP) is 2.44. The van der Waals surface area contributed by atoms with E-state index in [1.807, 2.05) is 65.2 Å². The number of rotatable bonds is 4. The van der Waals surface area contributed by atoms with E-state index < -0.39 is 6.10 Å². The van der Waals surface area contributed by atoms with Crippen LogP contribution in [-0.4, -0.2) is 18.8 Å². The first-order valence-corrected chi connectivity index (χ1v) is 9.06. The molecule has 0 fully saturated rings. The molecule has 28 heavy (non-hydrogen) atoms. The maximum Gasteiger partial charge on any atom is 0.330 e. The van der Waals surface area contributed by atoms with Crippen molar-refractivity contribution in [2.24, 2.45) is 14.1 Å². The summed E-state index contributed by atoms with van der Waals surface area (Å²) >= 11 is 0. The van der Waals surface area contributed by atoms with Crippen LogP contribution in [-0.2, 0) is 20.6 Å². The second-order valence-electron chi connectivity index (χ2n) is 6.89. The van der Waals surface area contributed by atoms with Gasteiger partial charge < -0.3 is 9.67 Å². The monoisotopic (exact) mass is 375 g/mol. The van der Waals surface area contributed by atoms with Gasteiger partial charge in [-0.05, 0) is 11.1 Å². The molecule has 0 aliphatic rings. The lowest BCUT2D eigenvalue weighted by Crippen LogP contribution is -2.36. The Morgan fingerprint density at radius 2 is 1.50 bits per heavy atom. The molecule has 2 heterocycles. The van der Waals surface area contributed by atoms with Crippen LogP contribution in [0.3, 0.4) is 0 Å². The van der Waals surface area contributed by atoms with Crippen LogP contribution in [0.25, 0.3) is 22.2 Å². The van der Waals surface area contributed by atoms with Crippen molar-refractivity contribution < 1.29 is 5.11 Å². The van der Waals surface area contributed by atoms with E-state index in [4.69, 9.17) is 0 Å². The number of aryl methyl sites for hydroxylation is 1. The topological polar surface area (TPSA) is 69.2 Å². The van der Waals surface area contributed by atoms with Crippen LogP contribution < -0.4 is 11.2 Å². The SMILES string of the molecule is Cn1c(=O)c2c(-c3ccccc3)n(CC(O)c3ccccc3)cc2n(C)c1=O. The third kappa shape index (κ3) is 2.88. The Hall–Kier alpha value is -3.38. The van der Waals surface area contributed by atoms with E-state index in [2.05, 4.69) is 0 Å². The minimum Gasteiger partial charge on any atom is -0.387 e. The molecule has 0 bridgehead atoms. The van der Waals surface area contributed by atoms with Gasteiger partial charge in [-0.2, -0.15) is 0 Å². The first kappa shape index (κ1) is 18.0. The number of hydrogen-bond acceptors (Lipinski definition) is 3. The van der Waals surface area contributed by atoms with Crippen LogP contribution in [0, 0.1) is 0 Å². The molecule has 142 valence electrons. The fourth-order valence-electron chi connectivity index (χ4n) is 3.61. The van der Waals surface area contributed by atoms with Crippen LogP contribution in [0.15, 0.2) is 76.4 Å². The largest absolute Gasteiger partial charge is 0.387 e. The van der Waals surface area contributed by atoms with Gasteiger partial charge in [0.15, 0.2) is 0 Å². The van der Waals surface area contributed by atoms with Crippen molar-refractivity contribution in [3.63, 3.8) is 0 Å². The maximum atomic E-state index is 12.9. The fraction of sp³-hybridized carbons (Fsp3) is 0.182. The summed E-state index contributed by atoms with van der Waals surface area (Å²) in [7, 11) is 3.13. The minimum atomic E-state index is -0.744. The summed E-state index contributed by atoms with van der Waals surface area (Å²) in [6.07, 6.45) is 1.03. The summed E-state index contributed by atoms with van der Waals surface area (Å²) in [5.41, 5.74) is 2.17. The third-order valence-electron chi connectivity index (χ3n) is 5.11. The normalized spacial score (nSPS) is 12.4. The summed E-state index contributed by atoms with van der Waals surface area (Å²) in [6.45, 7) is 0.264. The first-order valence-electron chi connectivity index (χ1n) is 9.06. The highest BCUT2D eigenvalue weighted by Gasteiger charge is 2.20. The molecule has 0 aliphatic heterocycles. The maximum absolute atomic E-state index is 12.9. The summed E-state index contributed by atoms with van der Waals surface area (Å²) in [4.78, 5) is 25.3. The molecule has 0 radical (unpaired) electrons. The van der Waals surface area contributed by atoms with E-state index in [9.17, 15) is 14.7 Å². The second kappa shape index (κ2) is 6.98. The number of aromatic nitrogens is 3. The summed E-state index contributed by atoms with van der Waals surface area (Å²) in [5, 5.41) is 11.2. The Labute approximate surface area is 161 Å². The number of hydrogen-bond donors (Lipinski definition) is 1. The molecule has 4 aromatic rings. The highest BCUT2D eigenvalue weighted by molar-refractivity contribution is 5.93. The number of aliphatic hydroxyl groups excluding tert-OH is 1. The average molecular weight is 375 g/mol. The van der Waals surface area contributed by atoms with Gasteiger partial charge in [0.25, 0.3) is 5.56 Å². The summed E-state index contributed by atoms with van der Waals surface area (Å²) in [6, 6.07) is 18.9. The molecule has 2 aromatic carbocycles. The van der Waals surface area contributed by atoms with Crippen molar-refractivity contribution >= 4 is 10.9 Å². The third-order valence-corrected chi connectivity index (χ3v) is 5.11. The Morgan fingerprint density at radius 1 is 0.893 bits per heavy atom. The van der Waals surface area contributed by atoms with Gasteiger partial charge in [-0.3, -0.25) is 13.9 Å². The van der Waals surface area contributed by atoms with Crippen LogP contribution in [0.5, 0.6) is 0 Å². The smallest absolute Gasteiger partial charge is 0.330 e. The molecule has 0 saturated carbocycles. The van der Waals surface area contributed by atoms with Gasteiger partial charge in [-0.25, -0.2) is 4.79 Å². The van der Waals surface area contributed by atoms with Gasteiger partial charge >= 0.3 is 5.69 Å². The Kier molecular flexibility index (Phi) is 4.49. The van der Waals surface area contributed by atoms with E-state index in [0.29, 0.717) is 16.6 Å². The molecule has 0 aliphatic carbocycles. The van der Waals surface area contributed by atoms with Crippen molar-refractivity contribution in [2.75, 3.05) is 0 Å². The molecule has 2 aromatic heterocycles. The van der Waals surface area contributed by atoms with Crippen molar-refractivity contribution in [3.8, 4) is 11.3 Å². The van der Waals surface area contributed by atoms with E-state index in [-0.39, 0.29) is 17.8 Å². The minimum absolute atomic E-state index is 0.264. The zero-order valence-electron chi connectivity index (χ0n) is 15.7. The molecule has 1 atom stereocenters. The molecule has 6 heteroatoms. The summed E-state index contributed by atoms with van der Waals surface area (Å²) in [5.74, 6) is 0. The Bertz CT molecular complexity index is 1250. The van der Waals surface area contributed by atoms with E-state index in [1.165, 1.54) is 11.6 Å². The quantitative estimate of drug-likeness (QED) is 0.596. The highest BCUT2D eigenvalue weighted by Crippen LogP contribution is 2.29. The highest BCUT2D eigenvalue weighted by atomic mass is 16.3. The molecular formula is C22H21N3O3. The molecule has 0 amide bonds. The van der Waals surface area contributed by atoms with Gasteiger partial charge in [0.1, 0.15) is 0 Å². The molecule has 6 nitrogen and oxygen atoms in total. The molecule has 1 unspecified atom stereocenters. The average Bonchev–Trinajstić information content (AvgIpc) is 3.11. The Morgan fingerprint density at radius 3 is 2.14 bits per heavy atom. The molecule has 0 spiro atoms. The lowest BCUT2D eigenvalue weighted by molar-refractivity contribution is 0.157. The van der Waals surface area contributed by atoms with E-state index in [1.54, 1.807) is 13.2 Å². The number of benzene rings is 2.